The number of nitrogens with zero attached hydrogens (tertiary/aromatic N) is 1. The Kier molecular flexibility index (Phi) is 5.56. The molecule has 4 heteroatoms. The topological polar surface area (TPSA) is 50.1 Å². The molecule has 3 nitrogen and oxygen atoms in total. The minimum absolute atomic E-state index is 0.0198. The molecule has 1 aromatic rings. The predicted molar refractivity (Wildman–Crippen MR) is 78.3 cm³/mol. The lowest BCUT2D eigenvalue weighted by Crippen LogP contribution is -2.10. The third kappa shape index (κ3) is 5.04. The quantitative estimate of drug-likeness (QED) is 0.577. The van der Waals surface area contributed by atoms with Crippen LogP contribution < -0.4 is 4.74 Å². The van der Waals surface area contributed by atoms with Crippen molar-refractivity contribution < 1.29 is 9.53 Å². The van der Waals surface area contributed by atoms with Crippen LogP contribution in [0.25, 0.3) is 0 Å². The number of carbonyl (C=O) groups excluding carboxylic acids is 1. The Morgan fingerprint density at radius 3 is 2.74 bits per heavy atom. The maximum Gasteiger partial charge on any atom is 0.163 e. The van der Waals surface area contributed by atoms with E-state index < -0.39 is 0 Å². The second-order valence-corrected chi connectivity index (χ2v) is 6.06. The van der Waals surface area contributed by atoms with E-state index in [0.717, 1.165) is 17.3 Å². The summed E-state index contributed by atoms with van der Waals surface area (Å²) in [6.45, 7) is 5.85. The Morgan fingerprint density at radius 2 is 2.16 bits per heavy atom. The van der Waals surface area contributed by atoms with Crippen LogP contribution >= 0.6 is 15.9 Å². The second kappa shape index (κ2) is 6.72. The van der Waals surface area contributed by atoms with E-state index in [9.17, 15) is 4.79 Å². The smallest absolute Gasteiger partial charge is 0.163 e. The third-order valence-electron chi connectivity index (χ3n) is 2.83. The molecule has 0 fully saturated rings. The van der Waals surface area contributed by atoms with Crippen LogP contribution in [-0.4, -0.2) is 12.4 Å². The number of hydrogen-bond donors (Lipinski definition) is 0. The summed E-state index contributed by atoms with van der Waals surface area (Å²) < 4.78 is 6.50. The molecule has 0 unspecified atom stereocenters. The van der Waals surface area contributed by atoms with Gasteiger partial charge in [0.05, 0.1) is 23.7 Å². The number of rotatable bonds is 6. The molecule has 0 aromatic heterocycles. The number of carbonyl (C=O) groups is 1. The van der Waals surface area contributed by atoms with Crippen molar-refractivity contribution in [1.82, 2.24) is 0 Å². The second-order valence-electron chi connectivity index (χ2n) is 5.14. The van der Waals surface area contributed by atoms with Gasteiger partial charge in [-0.25, -0.2) is 0 Å². The van der Waals surface area contributed by atoms with E-state index in [4.69, 9.17) is 10.00 Å². The SMILES string of the molecule is CC(=O)c1cc(Br)ccc1OCCCC(C)(C)C#N. The Balaban J connectivity index is 2.59. The molecule has 0 saturated carbocycles. The number of nitriles is 1. The van der Waals surface area contributed by atoms with Gasteiger partial charge in [-0.3, -0.25) is 4.79 Å². The molecule has 0 radical (unpaired) electrons. The van der Waals surface area contributed by atoms with E-state index in [2.05, 4.69) is 22.0 Å². The zero-order valence-electron chi connectivity index (χ0n) is 11.5. The highest BCUT2D eigenvalue weighted by atomic mass is 79.9. The number of hydrogen-bond acceptors (Lipinski definition) is 3. The predicted octanol–water partition coefficient (Wildman–Crippen LogP) is 4.36. The van der Waals surface area contributed by atoms with Gasteiger partial charge in [0.1, 0.15) is 5.75 Å². The molecule has 0 aliphatic carbocycles. The lowest BCUT2D eigenvalue weighted by Gasteiger charge is -2.15. The van der Waals surface area contributed by atoms with Crippen LogP contribution in [-0.2, 0) is 0 Å². The minimum atomic E-state index is -0.327. The molecule has 0 N–H and O–H groups in total. The molecule has 102 valence electrons. The van der Waals surface area contributed by atoms with Gasteiger partial charge in [-0.1, -0.05) is 15.9 Å². The third-order valence-corrected chi connectivity index (χ3v) is 3.32. The van der Waals surface area contributed by atoms with Crippen LogP contribution in [0.2, 0.25) is 0 Å². The van der Waals surface area contributed by atoms with Crippen molar-refractivity contribution in [2.75, 3.05) is 6.61 Å². The maximum atomic E-state index is 11.5. The first-order chi connectivity index (χ1) is 8.85. The number of ether oxygens (including phenoxy) is 1. The number of benzene rings is 1. The summed E-state index contributed by atoms with van der Waals surface area (Å²) in [4.78, 5) is 11.5. The fraction of sp³-hybridized carbons (Fsp3) is 0.467. The normalized spacial score (nSPS) is 10.9. The Hall–Kier alpha value is -1.34. The first-order valence-electron chi connectivity index (χ1n) is 6.20. The molecular formula is C15H18BrNO2. The van der Waals surface area contributed by atoms with Crippen LogP contribution in [0, 0.1) is 16.7 Å². The van der Waals surface area contributed by atoms with E-state index in [0.29, 0.717) is 17.9 Å². The van der Waals surface area contributed by atoms with E-state index in [1.807, 2.05) is 19.9 Å². The molecule has 0 atom stereocenters. The zero-order valence-corrected chi connectivity index (χ0v) is 13.1. The van der Waals surface area contributed by atoms with Gasteiger partial charge in [0, 0.05) is 4.47 Å². The Morgan fingerprint density at radius 1 is 1.47 bits per heavy atom. The Labute approximate surface area is 122 Å². The molecule has 0 aliphatic rings. The van der Waals surface area contributed by atoms with E-state index in [1.165, 1.54) is 6.92 Å². The minimum Gasteiger partial charge on any atom is -0.493 e. The van der Waals surface area contributed by atoms with Crippen molar-refractivity contribution in [3.8, 4) is 11.8 Å². The fourth-order valence-corrected chi connectivity index (χ4v) is 2.02. The average Bonchev–Trinajstić information content (AvgIpc) is 2.36. The molecule has 19 heavy (non-hydrogen) atoms. The van der Waals surface area contributed by atoms with Gasteiger partial charge < -0.3 is 4.74 Å². The summed E-state index contributed by atoms with van der Waals surface area (Å²) in [6, 6.07) is 7.66. The van der Waals surface area contributed by atoms with Crippen LogP contribution in [0.1, 0.15) is 44.0 Å². The largest absolute Gasteiger partial charge is 0.493 e. The summed E-state index contributed by atoms with van der Waals surface area (Å²) in [5.41, 5.74) is 0.251. The highest BCUT2D eigenvalue weighted by molar-refractivity contribution is 9.10. The first-order valence-corrected chi connectivity index (χ1v) is 6.99. The van der Waals surface area contributed by atoms with Gasteiger partial charge in [-0.15, -0.1) is 0 Å². The molecule has 0 bridgehead atoms. The van der Waals surface area contributed by atoms with E-state index in [1.54, 1.807) is 12.1 Å². The fourth-order valence-electron chi connectivity index (χ4n) is 1.66. The lowest BCUT2D eigenvalue weighted by molar-refractivity contribution is 0.101. The summed E-state index contributed by atoms with van der Waals surface area (Å²) in [5, 5.41) is 8.92. The number of halogens is 1. The van der Waals surface area contributed by atoms with Crippen molar-refractivity contribution >= 4 is 21.7 Å². The molecular weight excluding hydrogens is 306 g/mol. The van der Waals surface area contributed by atoms with E-state index in [-0.39, 0.29) is 11.2 Å². The maximum absolute atomic E-state index is 11.5. The van der Waals surface area contributed by atoms with Gasteiger partial charge in [0.25, 0.3) is 0 Å². The monoisotopic (exact) mass is 323 g/mol. The highest BCUT2D eigenvalue weighted by Gasteiger charge is 2.16. The zero-order chi connectivity index (χ0) is 14.5. The summed E-state index contributed by atoms with van der Waals surface area (Å²) in [7, 11) is 0. The van der Waals surface area contributed by atoms with Gasteiger partial charge in [-0.05, 0) is 51.8 Å². The van der Waals surface area contributed by atoms with E-state index >= 15 is 0 Å². The van der Waals surface area contributed by atoms with Crippen molar-refractivity contribution in [3.63, 3.8) is 0 Å². The molecule has 0 heterocycles. The van der Waals surface area contributed by atoms with Gasteiger partial charge in [-0.2, -0.15) is 5.26 Å². The lowest BCUT2D eigenvalue weighted by atomic mass is 9.90. The van der Waals surface area contributed by atoms with Crippen LogP contribution in [0.5, 0.6) is 5.75 Å². The molecule has 0 saturated heterocycles. The van der Waals surface area contributed by atoms with Crippen molar-refractivity contribution in [2.45, 2.75) is 33.6 Å². The Bertz CT molecular complexity index is 503. The average molecular weight is 324 g/mol. The first kappa shape index (κ1) is 15.7. The molecule has 0 amide bonds. The van der Waals surface area contributed by atoms with Crippen LogP contribution in [0.4, 0.5) is 0 Å². The molecule has 0 aliphatic heterocycles. The molecule has 1 rings (SSSR count). The van der Waals surface area contributed by atoms with Gasteiger partial charge in [0.15, 0.2) is 5.78 Å². The summed E-state index contributed by atoms with van der Waals surface area (Å²) in [5.74, 6) is 0.583. The highest BCUT2D eigenvalue weighted by Crippen LogP contribution is 2.25. The molecule has 0 spiro atoms. The molecule has 1 aromatic carbocycles. The van der Waals surface area contributed by atoms with Crippen molar-refractivity contribution in [1.29, 1.82) is 5.26 Å². The van der Waals surface area contributed by atoms with Gasteiger partial charge in [0.2, 0.25) is 0 Å². The summed E-state index contributed by atoms with van der Waals surface area (Å²) >= 11 is 3.34. The number of Topliss-reactive ketones (excluding diaryl/α,β-unsaturated/α-hetero) is 1. The summed E-state index contributed by atoms with van der Waals surface area (Å²) in [6.07, 6.45) is 1.56. The standard InChI is InChI=1S/C15H18BrNO2/c1-11(18)13-9-12(16)5-6-14(13)19-8-4-7-15(2,3)10-17/h5-6,9H,4,7-8H2,1-3H3. The van der Waals surface area contributed by atoms with Crippen LogP contribution in [0.3, 0.4) is 0 Å². The van der Waals surface area contributed by atoms with Crippen molar-refractivity contribution in [3.05, 3.63) is 28.2 Å². The van der Waals surface area contributed by atoms with Crippen LogP contribution in [0.15, 0.2) is 22.7 Å². The number of ketones is 1. The van der Waals surface area contributed by atoms with Gasteiger partial charge >= 0.3 is 0 Å². The van der Waals surface area contributed by atoms with Crippen molar-refractivity contribution in [2.24, 2.45) is 5.41 Å².